The standard InChI is InChI=1S/C22H30O9/c1-7-10(2)18(25)29-14-8-13-16(11(14)3)17-22(28,21(6,27)19(26)30-17)15(24)9-20(13,5)31-12(4)23/h7,13-15,17,24,27-28H,8-9H2,1-6H3/b10-7-/t13-,14+,15-,17-,20-,21+,22+/m0/s1. The Balaban J connectivity index is 2.16. The van der Waals surface area contributed by atoms with E-state index in [1.807, 2.05) is 0 Å². The molecule has 2 aliphatic carbocycles. The van der Waals surface area contributed by atoms with Gasteiger partial charge in [-0.1, -0.05) is 6.08 Å². The molecule has 1 saturated heterocycles. The molecule has 31 heavy (non-hydrogen) atoms. The summed E-state index contributed by atoms with van der Waals surface area (Å²) in [7, 11) is 0. The Morgan fingerprint density at radius 1 is 1.23 bits per heavy atom. The van der Waals surface area contributed by atoms with Crippen molar-refractivity contribution < 1.29 is 43.9 Å². The maximum absolute atomic E-state index is 12.4. The number of esters is 3. The minimum atomic E-state index is -2.40. The third kappa shape index (κ3) is 3.30. The number of fused-ring (bicyclic) bond motifs is 3. The highest BCUT2D eigenvalue weighted by molar-refractivity contribution is 5.88. The minimum Gasteiger partial charge on any atom is -0.459 e. The van der Waals surface area contributed by atoms with Crippen molar-refractivity contribution in [2.75, 3.05) is 0 Å². The molecule has 3 N–H and O–H groups in total. The molecule has 0 spiro atoms. The predicted molar refractivity (Wildman–Crippen MR) is 106 cm³/mol. The minimum absolute atomic E-state index is 0.201. The Hall–Kier alpha value is -2.23. The lowest BCUT2D eigenvalue weighted by molar-refractivity contribution is -0.195. The monoisotopic (exact) mass is 438 g/mol. The van der Waals surface area contributed by atoms with Gasteiger partial charge in [0.05, 0.1) is 6.10 Å². The molecular formula is C22H30O9. The van der Waals surface area contributed by atoms with Gasteiger partial charge in [0.15, 0.2) is 17.3 Å². The summed E-state index contributed by atoms with van der Waals surface area (Å²) >= 11 is 0. The number of carbonyl (C=O) groups is 3. The second-order valence-electron chi connectivity index (χ2n) is 9.10. The number of aliphatic hydroxyl groups is 3. The van der Waals surface area contributed by atoms with Gasteiger partial charge < -0.3 is 29.5 Å². The SMILES string of the molecule is C/C=C(/C)C(=O)O[C@@H]1C[C@H]2C(=C1C)[C@@H]1OC(=O)[C@@](C)(O)[C@@]1(O)[C@@H](O)C[C@]2(C)OC(C)=O. The Kier molecular flexibility index (Phi) is 5.61. The number of hydrogen-bond acceptors (Lipinski definition) is 9. The lowest BCUT2D eigenvalue weighted by Gasteiger charge is -2.39. The van der Waals surface area contributed by atoms with E-state index in [-0.39, 0.29) is 12.8 Å². The summed E-state index contributed by atoms with van der Waals surface area (Å²) in [5.74, 6) is -2.82. The van der Waals surface area contributed by atoms with Crippen LogP contribution >= 0.6 is 0 Å². The molecule has 1 aliphatic heterocycles. The average molecular weight is 438 g/mol. The molecule has 0 bridgehead atoms. The van der Waals surface area contributed by atoms with Gasteiger partial charge in [-0.2, -0.15) is 0 Å². The smallest absolute Gasteiger partial charge is 0.341 e. The van der Waals surface area contributed by atoms with Gasteiger partial charge in [0.1, 0.15) is 11.7 Å². The first-order chi connectivity index (χ1) is 14.2. The van der Waals surface area contributed by atoms with Crippen LogP contribution in [-0.2, 0) is 28.6 Å². The molecule has 1 saturated carbocycles. The number of carbonyl (C=O) groups excluding carboxylic acids is 3. The normalized spacial score (nSPS) is 42.5. The molecule has 1 heterocycles. The Morgan fingerprint density at radius 2 is 1.84 bits per heavy atom. The summed E-state index contributed by atoms with van der Waals surface area (Å²) in [5.41, 5.74) is -4.77. The maximum Gasteiger partial charge on any atom is 0.341 e. The van der Waals surface area contributed by atoms with Crippen LogP contribution in [0.2, 0.25) is 0 Å². The zero-order valence-corrected chi connectivity index (χ0v) is 18.6. The third-order valence-electron chi connectivity index (χ3n) is 7.07. The average Bonchev–Trinajstić information content (AvgIpc) is 3.05. The van der Waals surface area contributed by atoms with Gasteiger partial charge in [0.2, 0.25) is 0 Å². The van der Waals surface area contributed by atoms with Gasteiger partial charge >= 0.3 is 17.9 Å². The van der Waals surface area contributed by atoms with Crippen molar-refractivity contribution in [2.45, 2.75) is 89.5 Å². The van der Waals surface area contributed by atoms with E-state index in [1.54, 1.807) is 33.8 Å². The van der Waals surface area contributed by atoms with Gasteiger partial charge in [0, 0.05) is 24.8 Å². The maximum atomic E-state index is 12.4. The van der Waals surface area contributed by atoms with E-state index in [2.05, 4.69) is 0 Å². The zero-order valence-electron chi connectivity index (χ0n) is 18.6. The van der Waals surface area contributed by atoms with Crippen LogP contribution in [0.1, 0.15) is 54.4 Å². The quantitative estimate of drug-likeness (QED) is 0.251. The van der Waals surface area contributed by atoms with Crippen molar-refractivity contribution in [3.63, 3.8) is 0 Å². The topological polar surface area (TPSA) is 140 Å². The molecule has 0 radical (unpaired) electrons. The lowest BCUT2D eigenvalue weighted by atomic mass is 9.75. The Bertz CT molecular complexity index is 885. The van der Waals surface area contributed by atoms with Gasteiger partial charge in [-0.25, -0.2) is 9.59 Å². The van der Waals surface area contributed by atoms with Crippen LogP contribution < -0.4 is 0 Å². The van der Waals surface area contributed by atoms with Crippen molar-refractivity contribution in [1.29, 1.82) is 0 Å². The van der Waals surface area contributed by atoms with Crippen LogP contribution in [0.5, 0.6) is 0 Å². The fraction of sp³-hybridized carbons (Fsp3) is 0.682. The molecule has 0 aromatic carbocycles. The van der Waals surface area contributed by atoms with E-state index in [9.17, 15) is 29.7 Å². The van der Waals surface area contributed by atoms with Crippen LogP contribution in [0.25, 0.3) is 0 Å². The summed E-state index contributed by atoms with van der Waals surface area (Å²) in [4.78, 5) is 36.7. The van der Waals surface area contributed by atoms with Crippen molar-refractivity contribution in [3.05, 3.63) is 22.8 Å². The molecule has 0 amide bonds. The largest absolute Gasteiger partial charge is 0.459 e. The van der Waals surface area contributed by atoms with Crippen LogP contribution in [0.4, 0.5) is 0 Å². The van der Waals surface area contributed by atoms with E-state index < -0.39 is 58.9 Å². The van der Waals surface area contributed by atoms with Crippen molar-refractivity contribution in [3.8, 4) is 0 Å². The Morgan fingerprint density at radius 3 is 2.39 bits per heavy atom. The molecule has 172 valence electrons. The van der Waals surface area contributed by atoms with E-state index >= 15 is 0 Å². The molecule has 0 aromatic heterocycles. The van der Waals surface area contributed by atoms with E-state index in [0.29, 0.717) is 16.7 Å². The van der Waals surface area contributed by atoms with E-state index in [1.165, 1.54) is 6.92 Å². The molecule has 0 aromatic rings. The van der Waals surface area contributed by atoms with Crippen molar-refractivity contribution >= 4 is 17.9 Å². The lowest BCUT2D eigenvalue weighted by Crippen LogP contribution is -2.63. The predicted octanol–water partition coefficient (Wildman–Crippen LogP) is 0.695. The first-order valence-electron chi connectivity index (χ1n) is 10.3. The second-order valence-corrected chi connectivity index (χ2v) is 9.10. The highest BCUT2D eigenvalue weighted by Gasteiger charge is 2.73. The number of aliphatic hydroxyl groups excluding tert-OH is 1. The molecule has 9 heteroatoms. The summed E-state index contributed by atoms with van der Waals surface area (Å²) in [6.45, 7) is 8.92. The molecule has 3 aliphatic rings. The van der Waals surface area contributed by atoms with Crippen LogP contribution in [0.3, 0.4) is 0 Å². The molecule has 9 nitrogen and oxygen atoms in total. The summed E-state index contributed by atoms with van der Waals surface area (Å²) in [6, 6.07) is 0. The van der Waals surface area contributed by atoms with Crippen LogP contribution in [0, 0.1) is 5.92 Å². The molecular weight excluding hydrogens is 408 g/mol. The van der Waals surface area contributed by atoms with Crippen molar-refractivity contribution in [1.82, 2.24) is 0 Å². The molecule has 3 rings (SSSR count). The number of allylic oxidation sites excluding steroid dienone is 1. The van der Waals surface area contributed by atoms with Crippen molar-refractivity contribution in [2.24, 2.45) is 5.92 Å². The van der Waals surface area contributed by atoms with Crippen LogP contribution in [-0.4, -0.2) is 68.3 Å². The molecule has 0 unspecified atom stereocenters. The number of hydrogen-bond donors (Lipinski definition) is 3. The highest BCUT2D eigenvalue weighted by atomic mass is 16.6. The van der Waals surface area contributed by atoms with E-state index in [0.717, 1.165) is 6.92 Å². The number of rotatable bonds is 3. The van der Waals surface area contributed by atoms with Gasteiger partial charge in [-0.05, 0) is 52.2 Å². The first-order valence-corrected chi connectivity index (χ1v) is 10.3. The van der Waals surface area contributed by atoms with Gasteiger partial charge in [-0.15, -0.1) is 0 Å². The second kappa shape index (κ2) is 7.43. The summed E-state index contributed by atoms with van der Waals surface area (Å²) in [5, 5.41) is 33.2. The first kappa shape index (κ1) is 23.4. The molecule has 7 atom stereocenters. The van der Waals surface area contributed by atoms with E-state index in [4.69, 9.17) is 14.2 Å². The third-order valence-corrected chi connectivity index (χ3v) is 7.07. The van der Waals surface area contributed by atoms with Gasteiger partial charge in [0.25, 0.3) is 0 Å². The fourth-order valence-corrected chi connectivity index (χ4v) is 5.08. The summed E-state index contributed by atoms with van der Waals surface area (Å²) < 4.78 is 16.6. The highest BCUT2D eigenvalue weighted by Crippen LogP contribution is 2.56. The fourth-order valence-electron chi connectivity index (χ4n) is 5.08. The zero-order chi connectivity index (χ0) is 23.5. The molecule has 2 fully saturated rings. The van der Waals surface area contributed by atoms with Crippen LogP contribution in [0.15, 0.2) is 22.8 Å². The Labute approximate surface area is 180 Å². The summed E-state index contributed by atoms with van der Waals surface area (Å²) in [6.07, 6.45) is -2.19. The van der Waals surface area contributed by atoms with Gasteiger partial charge in [-0.3, -0.25) is 4.79 Å². The number of ether oxygens (including phenoxy) is 3.